The molecule has 0 saturated carbocycles. The van der Waals surface area contributed by atoms with Crippen LogP contribution in [0.5, 0.6) is 0 Å². The second-order valence-corrected chi connectivity index (χ2v) is 9.70. The Labute approximate surface area is 84.2 Å². The zero-order valence-electron chi connectivity index (χ0n) is 10.6. The number of carbonyl (C=O) groups excluding carboxylic acids is 1. The first-order valence-corrected chi connectivity index (χ1v) is 7.55. The molecule has 0 bridgehead atoms. The smallest absolute Gasteiger partial charge is 0.191 e. The standard InChI is InChI=1S/C10H22O2Si/c1-9(11)7-8-12-13(5,6)10(2,3)4/h7-8H2,1-6H3/i7D/t7-/m1/s1. The molecule has 0 N–H and O–H groups in total. The Hall–Kier alpha value is -0.153. The van der Waals surface area contributed by atoms with Gasteiger partial charge in [-0.05, 0) is 25.1 Å². The molecule has 0 aliphatic carbocycles. The highest BCUT2D eigenvalue weighted by Gasteiger charge is 2.36. The molecule has 0 aliphatic rings. The van der Waals surface area contributed by atoms with Crippen LogP contribution in [0, 0.1) is 0 Å². The lowest BCUT2D eigenvalue weighted by Gasteiger charge is -2.36. The van der Waals surface area contributed by atoms with Crippen LogP contribution < -0.4 is 0 Å². The van der Waals surface area contributed by atoms with E-state index in [1.807, 2.05) is 0 Å². The van der Waals surface area contributed by atoms with Gasteiger partial charge in [-0.1, -0.05) is 20.8 Å². The van der Waals surface area contributed by atoms with Crippen molar-refractivity contribution in [3.05, 3.63) is 0 Å². The van der Waals surface area contributed by atoms with Gasteiger partial charge in [0.1, 0.15) is 5.78 Å². The molecule has 0 radical (unpaired) electrons. The summed E-state index contributed by atoms with van der Waals surface area (Å²) >= 11 is 0. The predicted molar refractivity (Wildman–Crippen MR) is 58.4 cm³/mol. The van der Waals surface area contributed by atoms with Gasteiger partial charge in [0.05, 0.1) is 0 Å². The highest BCUT2D eigenvalue weighted by Crippen LogP contribution is 2.36. The van der Waals surface area contributed by atoms with Crippen LogP contribution in [0.2, 0.25) is 18.1 Å². The van der Waals surface area contributed by atoms with Crippen molar-refractivity contribution in [2.75, 3.05) is 6.61 Å². The van der Waals surface area contributed by atoms with Crippen molar-refractivity contribution < 1.29 is 10.6 Å². The normalized spacial score (nSPS) is 16.6. The van der Waals surface area contributed by atoms with Gasteiger partial charge in [0.2, 0.25) is 0 Å². The second-order valence-electron chi connectivity index (χ2n) is 4.89. The lowest BCUT2D eigenvalue weighted by Crippen LogP contribution is -2.41. The molecule has 2 nitrogen and oxygen atoms in total. The van der Waals surface area contributed by atoms with Crippen LogP contribution in [-0.4, -0.2) is 20.7 Å². The van der Waals surface area contributed by atoms with E-state index in [4.69, 9.17) is 5.80 Å². The second kappa shape index (κ2) is 4.38. The van der Waals surface area contributed by atoms with Gasteiger partial charge in [-0.2, -0.15) is 0 Å². The van der Waals surface area contributed by atoms with E-state index in [1.165, 1.54) is 6.92 Å². The molecular weight excluding hydrogens is 180 g/mol. The van der Waals surface area contributed by atoms with Crippen molar-refractivity contribution in [2.24, 2.45) is 0 Å². The van der Waals surface area contributed by atoms with Crippen LogP contribution in [0.3, 0.4) is 0 Å². The van der Waals surface area contributed by atoms with E-state index >= 15 is 0 Å². The Bertz CT molecular complexity index is 209. The Morgan fingerprint density at radius 1 is 1.46 bits per heavy atom. The minimum atomic E-state index is -1.79. The number of hydrogen-bond acceptors (Lipinski definition) is 2. The Morgan fingerprint density at radius 3 is 2.23 bits per heavy atom. The summed E-state index contributed by atoms with van der Waals surface area (Å²) in [6.45, 7) is 12.4. The SMILES string of the molecule is [2H][C@H](CO[Si](C)(C)C(C)(C)C)C(C)=O. The third kappa shape index (κ3) is 4.57. The van der Waals surface area contributed by atoms with E-state index in [2.05, 4.69) is 33.9 Å². The summed E-state index contributed by atoms with van der Waals surface area (Å²) < 4.78 is 13.2. The van der Waals surface area contributed by atoms with Crippen LogP contribution in [0.1, 0.15) is 35.5 Å². The van der Waals surface area contributed by atoms with Gasteiger partial charge in [-0.15, -0.1) is 0 Å². The monoisotopic (exact) mass is 203 g/mol. The van der Waals surface area contributed by atoms with Crippen molar-refractivity contribution in [3.8, 4) is 0 Å². The predicted octanol–water partition coefficient (Wildman–Crippen LogP) is 2.99. The van der Waals surface area contributed by atoms with Crippen molar-refractivity contribution >= 4 is 14.1 Å². The highest BCUT2D eigenvalue weighted by molar-refractivity contribution is 6.74. The molecular formula is C10H22O2Si. The van der Waals surface area contributed by atoms with Gasteiger partial charge in [-0.3, -0.25) is 4.79 Å². The summed E-state index contributed by atoms with van der Waals surface area (Å²) in [5, 5.41) is 0.142. The van der Waals surface area contributed by atoms with Gasteiger partial charge < -0.3 is 4.43 Å². The van der Waals surface area contributed by atoms with E-state index in [9.17, 15) is 4.79 Å². The summed E-state index contributed by atoms with van der Waals surface area (Å²) in [7, 11) is -1.79. The van der Waals surface area contributed by atoms with Gasteiger partial charge in [0, 0.05) is 14.4 Å². The average Bonchev–Trinajstić information content (AvgIpc) is 1.97. The molecule has 0 heterocycles. The Kier molecular flexibility index (Phi) is 3.68. The molecule has 78 valence electrons. The maximum Gasteiger partial charge on any atom is 0.191 e. The van der Waals surface area contributed by atoms with Crippen molar-refractivity contribution in [2.45, 2.75) is 52.2 Å². The molecule has 0 fully saturated rings. The summed E-state index contributed by atoms with van der Waals surface area (Å²) in [6.07, 6.45) is -0.718. The van der Waals surface area contributed by atoms with Gasteiger partial charge in [0.25, 0.3) is 0 Å². The lowest BCUT2D eigenvalue weighted by molar-refractivity contribution is -0.117. The average molecular weight is 203 g/mol. The molecule has 3 heteroatoms. The first-order valence-electron chi connectivity index (χ1n) is 5.22. The van der Waals surface area contributed by atoms with Crippen LogP contribution in [0.15, 0.2) is 0 Å². The third-order valence-corrected chi connectivity index (χ3v) is 7.12. The molecule has 0 aromatic rings. The first-order chi connectivity index (χ1) is 6.08. The molecule has 0 rings (SSSR count). The van der Waals surface area contributed by atoms with Crippen molar-refractivity contribution in [1.29, 1.82) is 0 Å². The Morgan fingerprint density at radius 2 is 1.92 bits per heavy atom. The highest BCUT2D eigenvalue weighted by atomic mass is 28.4. The molecule has 0 amide bonds. The van der Waals surface area contributed by atoms with Crippen molar-refractivity contribution in [1.82, 2.24) is 0 Å². The topological polar surface area (TPSA) is 26.3 Å². The number of rotatable bonds is 4. The third-order valence-electron chi connectivity index (χ3n) is 2.62. The number of carbonyl (C=O) groups is 1. The maximum atomic E-state index is 10.9. The number of hydrogen-bond donors (Lipinski definition) is 0. The van der Waals surface area contributed by atoms with E-state index in [0.717, 1.165) is 0 Å². The first kappa shape index (κ1) is 10.9. The largest absolute Gasteiger partial charge is 0.416 e. The summed E-state index contributed by atoms with van der Waals surface area (Å²) in [4.78, 5) is 10.9. The molecule has 0 aromatic carbocycles. The molecule has 0 aromatic heterocycles. The van der Waals surface area contributed by atoms with Crippen LogP contribution >= 0.6 is 0 Å². The van der Waals surface area contributed by atoms with Crippen LogP contribution in [0.4, 0.5) is 0 Å². The fourth-order valence-corrected chi connectivity index (χ4v) is 1.52. The minimum absolute atomic E-state index is 0.122. The van der Waals surface area contributed by atoms with Gasteiger partial charge in [0.15, 0.2) is 8.32 Å². The van der Waals surface area contributed by atoms with Crippen LogP contribution in [-0.2, 0) is 9.22 Å². The van der Waals surface area contributed by atoms with Crippen molar-refractivity contribution in [3.63, 3.8) is 0 Å². The van der Waals surface area contributed by atoms with Gasteiger partial charge in [-0.25, -0.2) is 0 Å². The zero-order valence-corrected chi connectivity index (χ0v) is 10.6. The fourth-order valence-electron chi connectivity index (χ4n) is 0.584. The number of ketones is 1. The maximum absolute atomic E-state index is 10.9. The molecule has 0 spiro atoms. The van der Waals surface area contributed by atoms with Crippen LogP contribution in [0.25, 0.3) is 0 Å². The zero-order chi connectivity index (χ0) is 11.6. The summed E-state index contributed by atoms with van der Waals surface area (Å²) in [6, 6.07) is 0. The van der Waals surface area contributed by atoms with E-state index in [1.54, 1.807) is 0 Å². The fraction of sp³-hybridized carbons (Fsp3) is 0.900. The molecule has 0 saturated heterocycles. The number of Topliss-reactive ketones (excluding diaryl/α,β-unsaturated/α-hetero) is 1. The molecule has 13 heavy (non-hydrogen) atoms. The molecule has 0 aliphatic heterocycles. The summed E-state index contributed by atoms with van der Waals surface area (Å²) in [5.41, 5.74) is 0. The molecule has 1 atom stereocenters. The summed E-state index contributed by atoms with van der Waals surface area (Å²) in [5.74, 6) is -0.122. The molecule has 0 unspecified atom stereocenters. The lowest BCUT2D eigenvalue weighted by atomic mass is 10.2. The van der Waals surface area contributed by atoms with E-state index < -0.39 is 14.7 Å². The van der Waals surface area contributed by atoms with Gasteiger partial charge >= 0.3 is 0 Å². The minimum Gasteiger partial charge on any atom is -0.416 e. The van der Waals surface area contributed by atoms with E-state index in [-0.39, 0.29) is 17.4 Å². The Balaban J connectivity index is 4.20. The quantitative estimate of drug-likeness (QED) is 0.657. The van der Waals surface area contributed by atoms with E-state index in [0.29, 0.717) is 0 Å².